The van der Waals surface area contributed by atoms with Gasteiger partial charge in [0.2, 0.25) is 0 Å². The molecular weight excluding hydrogens is 182 g/mol. The highest BCUT2D eigenvalue weighted by Gasteiger charge is 2.48. The molecule has 0 aromatic heterocycles. The Morgan fingerprint density at radius 3 is 1.33 bits per heavy atom. The highest BCUT2D eigenvalue weighted by atomic mass is 14.8. The predicted octanol–water partition coefficient (Wildman–Crippen LogP) is 3.58. The number of nitrogens with two attached hydrogens (primary N) is 1. The third kappa shape index (κ3) is 2.75. The van der Waals surface area contributed by atoms with Crippen LogP contribution in [-0.2, 0) is 0 Å². The van der Waals surface area contributed by atoms with Crippen LogP contribution >= 0.6 is 0 Å². The molecule has 0 amide bonds. The van der Waals surface area contributed by atoms with E-state index in [9.17, 15) is 0 Å². The summed E-state index contributed by atoms with van der Waals surface area (Å²) in [6.45, 7) is 6.50. The first-order chi connectivity index (χ1) is 6.97. The minimum atomic E-state index is 0.300. The molecule has 0 aliphatic heterocycles. The summed E-state index contributed by atoms with van der Waals surface area (Å²) in [6, 6.07) is 0. The largest absolute Gasteiger partial charge is 0.325 e. The van der Waals surface area contributed by atoms with Gasteiger partial charge in [0.1, 0.15) is 0 Å². The van der Waals surface area contributed by atoms with Crippen LogP contribution in [0.2, 0.25) is 0 Å². The summed E-state index contributed by atoms with van der Waals surface area (Å²) in [6.07, 6.45) is 8.57. The van der Waals surface area contributed by atoms with Gasteiger partial charge in [-0.05, 0) is 62.2 Å². The van der Waals surface area contributed by atoms with Crippen molar-refractivity contribution in [2.45, 2.75) is 64.8 Å². The second-order valence-electron chi connectivity index (χ2n) is 7.01. The Kier molecular flexibility index (Phi) is 3.12. The van der Waals surface area contributed by atoms with Gasteiger partial charge in [0.15, 0.2) is 0 Å². The molecule has 0 heterocycles. The molecule has 4 saturated carbocycles. The van der Waals surface area contributed by atoms with E-state index >= 15 is 0 Å². The van der Waals surface area contributed by atoms with Gasteiger partial charge in [-0.3, -0.25) is 0 Å². The van der Waals surface area contributed by atoms with E-state index in [0.29, 0.717) is 5.54 Å². The van der Waals surface area contributed by atoms with Crippen LogP contribution in [0.4, 0.5) is 0 Å². The number of hydrogen-bond acceptors (Lipinski definition) is 1. The zero-order valence-electron chi connectivity index (χ0n) is 10.6. The Bertz CT molecular complexity index is 181. The molecular formula is C14H27N. The first-order valence-corrected chi connectivity index (χ1v) is 6.76. The Labute approximate surface area is 94.8 Å². The third-order valence-corrected chi connectivity index (χ3v) is 4.09. The van der Waals surface area contributed by atoms with Crippen molar-refractivity contribution in [3.05, 3.63) is 0 Å². The van der Waals surface area contributed by atoms with Crippen molar-refractivity contribution in [3.8, 4) is 0 Å². The highest BCUT2D eigenvalue weighted by Crippen LogP contribution is 2.54. The first-order valence-electron chi connectivity index (χ1n) is 6.76. The average Bonchev–Trinajstić information content (AvgIpc) is 1.96. The Morgan fingerprint density at radius 1 is 0.867 bits per heavy atom. The molecule has 4 fully saturated rings. The zero-order chi connectivity index (χ0) is 11.1. The molecule has 0 aromatic rings. The summed E-state index contributed by atoms with van der Waals surface area (Å²) in [5.41, 5.74) is 6.62. The van der Waals surface area contributed by atoms with Crippen LogP contribution in [0.1, 0.15) is 59.3 Å². The summed E-state index contributed by atoms with van der Waals surface area (Å²) in [5.74, 6) is 3.89. The summed E-state index contributed by atoms with van der Waals surface area (Å²) in [5, 5.41) is 0. The Balaban J connectivity index is 0.000000188. The molecule has 0 unspecified atom stereocenters. The summed E-state index contributed by atoms with van der Waals surface area (Å²) < 4.78 is 0. The van der Waals surface area contributed by atoms with Crippen LogP contribution in [0.25, 0.3) is 0 Å². The molecule has 1 heteroatoms. The van der Waals surface area contributed by atoms with Crippen molar-refractivity contribution < 1.29 is 0 Å². The van der Waals surface area contributed by atoms with Crippen LogP contribution in [0.3, 0.4) is 0 Å². The SMILES string of the molecule is CC(C)C.NC12CC3CC(CC(C3)C1)C2. The molecule has 4 rings (SSSR count). The Hall–Kier alpha value is -0.0400. The van der Waals surface area contributed by atoms with Crippen molar-refractivity contribution in [1.29, 1.82) is 0 Å². The fourth-order valence-electron chi connectivity index (χ4n) is 4.18. The maximum absolute atomic E-state index is 6.32. The van der Waals surface area contributed by atoms with Gasteiger partial charge in [0.25, 0.3) is 0 Å². The normalized spacial score (nSPS) is 46.6. The highest BCUT2D eigenvalue weighted by molar-refractivity contribution is 5.04. The third-order valence-electron chi connectivity index (χ3n) is 4.09. The minimum absolute atomic E-state index is 0.300. The van der Waals surface area contributed by atoms with Crippen LogP contribution in [-0.4, -0.2) is 5.54 Å². The molecule has 0 spiro atoms. The van der Waals surface area contributed by atoms with Crippen molar-refractivity contribution in [2.75, 3.05) is 0 Å². The molecule has 15 heavy (non-hydrogen) atoms. The summed E-state index contributed by atoms with van der Waals surface area (Å²) in [7, 11) is 0. The van der Waals surface area contributed by atoms with Gasteiger partial charge < -0.3 is 5.73 Å². The van der Waals surface area contributed by atoms with Crippen LogP contribution in [0, 0.1) is 23.7 Å². The molecule has 2 N–H and O–H groups in total. The maximum Gasteiger partial charge on any atom is 0.0162 e. The van der Waals surface area contributed by atoms with Gasteiger partial charge in [0.05, 0.1) is 0 Å². The van der Waals surface area contributed by atoms with Crippen LogP contribution in [0.15, 0.2) is 0 Å². The van der Waals surface area contributed by atoms with E-state index in [4.69, 9.17) is 5.73 Å². The lowest BCUT2D eigenvalue weighted by Gasteiger charge is -2.55. The van der Waals surface area contributed by atoms with Gasteiger partial charge in [-0.25, -0.2) is 0 Å². The lowest BCUT2D eigenvalue weighted by atomic mass is 9.53. The molecule has 4 bridgehead atoms. The number of rotatable bonds is 0. The maximum atomic E-state index is 6.32. The lowest BCUT2D eigenvalue weighted by Crippen LogP contribution is -2.55. The predicted molar refractivity (Wildman–Crippen MR) is 65.6 cm³/mol. The fourth-order valence-corrected chi connectivity index (χ4v) is 4.18. The number of hydrogen-bond donors (Lipinski definition) is 1. The minimum Gasteiger partial charge on any atom is -0.325 e. The van der Waals surface area contributed by atoms with Crippen LogP contribution < -0.4 is 5.73 Å². The summed E-state index contributed by atoms with van der Waals surface area (Å²) >= 11 is 0. The molecule has 1 nitrogen and oxygen atoms in total. The zero-order valence-corrected chi connectivity index (χ0v) is 10.6. The standard InChI is InChI=1S/C10H17N.C4H10/c11-10-4-7-1-8(5-10)3-9(2-7)6-10;1-4(2)3/h7-9H,1-6,11H2;4H,1-3H3. The second kappa shape index (κ2) is 4.08. The average molecular weight is 209 g/mol. The van der Waals surface area contributed by atoms with E-state index in [1.54, 1.807) is 0 Å². The second-order valence-corrected chi connectivity index (χ2v) is 7.01. The van der Waals surface area contributed by atoms with Gasteiger partial charge in [-0.15, -0.1) is 0 Å². The topological polar surface area (TPSA) is 26.0 Å². The molecule has 4 aliphatic rings. The van der Waals surface area contributed by atoms with E-state index in [-0.39, 0.29) is 0 Å². The van der Waals surface area contributed by atoms with Crippen molar-refractivity contribution in [3.63, 3.8) is 0 Å². The molecule has 0 radical (unpaired) electrons. The fraction of sp³-hybridized carbons (Fsp3) is 1.00. The van der Waals surface area contributed by atoms with E-state index in [2.05, 4.69) is 20.8 Å². The van der Waals surface area contributed by atoms with E-state index in [1.165, 1.54) is 38.5 Å². The van der Waals surface area contributed by atoms with Gasteiger partial charge in [-0.1, -0.05) is 20.8 Å². The van der Waals surface area contributed by atoms with Gasteiger partial charge in [0, 0.05) is 5.54 Å². The molecule has 88 valence electrons. The molecule has 0 atom stereocenters. The lowest BCUT2D eigenvalue weighted by molar-refractivity contribution is 0.000365. The molecule has 0 aromatic carbocycles. The quantitative estimate of drug-likeness (QED) is 0.648. The van der Waals surface area contributed by atoms with E-state index in [1.807, 2.05) is 0 Å². The van der Waals surface area contributed by atoms with Crippen molar-refractivity contribution in [2.24, 2.45) is 29.4 Å². The monoisotopic (exact) mass is 209 g/mol. The summed E-state index contributed by atoms with van der Waals surface area (Å²) in [4.78, 5) is 0. The first kappa shape index (κ1) is 11.4. The molecule has 0 saturated heterocycles. The van der Waals surface area contributed by atoms with E-state index < -0.39 is 0 Å². The smallest absolute Gasteiger partial charge is 0.0162 e. The van der Waals surface area contributed by atoms with Crippen molar-refractivity contribution >= 4 is 0 Å². The van der Waals surface area contributed by atoms with Gasteiger partial charge in [-0.2, -0.15) is 0 Å². The van der Waals surface area contributed by atoms with E-state index in [0.717, 1.165) is 23.7 Å². The van der Waals surface area contributed by atoms with Crippen LogP contribution in [0.5, 0.6) is 0 Å². The van der Waals surface area contributed by atoms with Gasteiger partial charge >= 0.3 is 0 Å². The molecule has 4 aliphatic carbocycles. The van der Waals surface area contributed by atoms with Crippen molar-refractivity contribution in [1.82, 2.24) is 0 Å². The Morgan fingerprint density at radius 2 is 1.13 bits per heavy atom.